The average molecular weight is 285 g/mol. The summed E-state index contributed by atoms with van der Waals surface area (Å²) in [7, 11) is 0. The summed E-state index contributed by atoms with van der Waals surface area (Å²) < 4.78 is 0. The van der Waals surface area contributed by atoms with Gasteiger partial charge in [0, 0.05) is 18.0 Å². The molecule has 0 saturated heterocycles. The molecule has 0 N–H and O–H groups in total. The molecule has 0 fully saturated rings. The fourth-order valence-corrected chi connectivity index (χ4v) is 2.48. The summed E-state index contributed by atoms with van der Waals surface area (Å²) in [6.45, 7) is 0. The van der Waals surface area contributed by atoms with E-state index in [-0.39, 0.29) is 0 Å². The number of benzene rings is 3. The zero-order valence-electron chi connectivity index (χ0n) is 12.0. The zero-order chi connectivity index (χ0) is 15.2. The van der Waals surface area contributed by atoms with Gasteiger partial charge in [-0.15, -0.1) is 0 Å². The number of pyridine rings is 1. The molecule has 0 atom stereocenters. The second kappa shape index (κ2) is 6.64. The second-order valence-corrected chi connectivity index (χ2v) is 4.87. The summed E-state index contributed by atoms with van der Waals surface area (Å²) in [5.41, 5.74) is 0.753. The molecule has 0 unspecified atom stereocenters. The molecule has 0 aliphatic carbocycles. The molecule has 3 aromatic carbocycles. The van der Waals surface area contributed by atoms with Gasteiger partial charge in [-0.1, -0.05) is 60.7 Å². The molecular weight excluding hydrogens is 270 g/mol. The SMILES string of the molecule is O=Cc1cccc2c1ccc1ccccc12.c1ccncc1. The third-order valence-electron chi connectivity index (χ3n) is 3.51. The minimum Gasteiger partial charge on any atom is -0.298 e. The third kappa shape index (κ3) is 2.86. The van der Waals surface area contributed by atoms with Crippen molar-refractivity contribution < 1.29 is 4.79 Å². The highest BCUT2D eigenvalue weighted by Gasteiger charge is 2.02. The Hall–Kier alpha value is -3.00. The summed E-state index contributed by atoms with van der Waals surface area (Å²) in [5.74, 6) is 0. The average Bonchev–Trinajstić information content (AvgIpc) is 2.63. The molecule has 22 heavy (non-hydrogen) atoms. The highest BCUT2D eigenvalue weighted by molar-refractivity contribution is 6.11. The molecule has 2 heteroatoms. The Morgan fingerprint density at radius 1 is 0.636 bits per heavy atom. The van der Waals surface area contributed by atoms with Crippen LogP contribution in [-0.2, 0) is 0 Å². The van der Waals surface area contributed by atoms with E-state index in [1.54, 1.807) is 12.4 Å². The molecule has 0 bridgehead atoms. The second-order valence-electron chi connectivity index (χ2n) is 4.87. The predicted molar refractivity (Wildman–Crippen MR) is 91.1 cm³/mol. The maximum absolute atomic E-state index is 11.0. The number of hydrogen-bond acceptors (Lipinski definition) is 2. The van der Waals surface area contributed by atoms with Crippen LogP contribution in [0.5, 0.6) is 0 Å². The highest BCUT2D eigenvalue weighted by Crippen LogP contribution is 2.26. The minimum atomic E-state index is 0.753. The van der Waals surface area contributed by atoms with Gasteiger partial charge in [0.2, 0.25) is 0 Å². The van der Waals surface area contributed by atoms with E-state index in [2.05, 4.69) is 29.2 Å². The lowest BCUT2D eigenvalue weighted by atomic mass is 9.99. The highest BCUT2D eigenvalue weighted by atomic mass is 16.1. The maximum Gasteiger partial charge on any atom is 0.150 e. The minimum absolute atomic E-state index is 0.753. The number of aromatic nitrogens is 1. The van der Waals surface area contributed by atoms with Crippen LogP contribution in [0.25, 0.3) is 21.5 Å². The summed E-state index contributed by atoms with van der Waals surface area (Å²) >= 11 is 0. The first-order valence-electron chi connectivity index (χ1n) is 7.11. The topological polar surface area (TPSA) is 30.0 Å². The van der Waals surface area contributed by atoms with E-state index in [1.807, 2.05) is 48.5 Å². The van der Waals surface area contributed by atoms with E-state index in [1.165, 1.54) is 10.8 Å². The lowest BCUT2D eigenvalue weighted by molar-refractivity contribution is 0.112. The third-order valence-corrected chi connectivity index (χ3v) is 3.51. The van der Waals surface area contributed by atoms with Crippen molar-refractivity contribution in [2.24, 2.45) is 0 Å². The fourth-order valence-electron chi connectivity index (χ4n) is 2.48. The first-order valence-corrected chi connectivity index (χ1v) is 7.11. The normalized spacial score (nSPS) is 10.0. The lowest BCUT2D eigenvalue weighted by Crippen LogP contribution is -1.84. The van der Waals surface area contributed by atoms with Crippen LogP contribution in [0.3, 0.4) is 0 Å². The van der Waals surface area contributed by atoms with Gasteiger partial charge in [0.15, 0.2) is 6.29 Å². The number of nitrogens with zero attached hydrogens (tertiary/aromatic N) is 1. The standard InChI is InChI=1S/C15H10O.C5H5N/c16-10-12-5-3-7-15-13-6-2-1-4-11(13)8-9-14(12)15;1-2-4-6-5-3-1/h1-10H;1-5H. The number of carbonyl (C=O) groups excluding carboxylic acids is 1. The molecule has 4 aromatic rings. The molecule has 0 saturated carbocycles. The van der Waals surface area contributed by atoms with Crippen molar-refractivity contribution in [1.29, 1.82) is 0 Å². The van der Waals surface area contributed by atoms with Crippen LogP contribution < -0.4 is 0 Å². The van der Waals surface area contributed by atoms with E-state index in [9.17, 15) is 4.79 Å². The van der Waals surface area contributed by atoms with Crippen LogP contribution in [0.4, 0.5) is 0 Å². The van der Waals surface area contributed by atoms with Gasteiger partial charge in [-0.25, -0.2) is 0 Å². The summed E-state index contributed by atoms with van der Waals surface area (Å²) in [5, 5.41) is 4.57. The van der Waals surface area contributed by atoms with Crippen molar-refractivity contribution in [3.63, 3.8) is 0 Å². The molecule has 0 spiro atoms. The molecule has 0 amide bonds. The van der Waals surface area contributed by atoms with Crippen LogP contribution in [0.15, 0.2) is 85.2 Å². The number of carbonyl (C=O) groups is 1. The summed E-state index contributed by atoms with van der Waals surface area (Å²) in [4.78, 5) is 14.7. The summed E-state index contributed by atoms with van der Waals surface area (Å²) in [6.07, 6.45) is 4.41. The lowest BCUT2D eigenvalue weighted by Gasteiger charge is -2.05. The van der Waals surface area contributed by atoms with E-state index < -0.39 is 0 Å². The van der Waals surface area contributed by atoms with Crippen molar-refractivity contribution in [2.75, 3.05) is 0 Å². The van der Waals surface area contributed by atoms with Crippen LogP contribution in [0.2, 0.25) is 0 Å². The first-order chi connectivity index (χ1) is 10.9. The van der Waals surface area contributed by atoms with Crippen molar-refractivity contribution >= 4 is 27.8 Å². The molecular formula is C20H15NO. The van der Waals surface area contributed by atoms with E-state index in [0.717, 1.165) is 22.6 Å². The van der Waals surface area contributed by atoms with Crippen molar-refractivity contribution in [1.82, 2.24) is 4.98 Å². The largest absolute Gasteiger partial charge is 0.298 e. The van der Waals surface area contributed by atoms with Gasteiger partial charge in [-0.3, -0.25) is 9.78 Å². The molecule has 0 radical (unpaired) electrons. The summed E-state index contributed by atoms with van der Waals surface area (Å²) in [6, 6.07) is 23.9. The van der Waals surface area contributed by atoms with Crippen LogP contribution >= 0.6 is 0 Å². The molecule has 1 aromatic heterocycles. The quantitative estimate of drug-likeness (QED) is 0.368. The van der Waals surface area contributed by atoms with Gasteiger partial charge in [0.05, 0.1) is 0 Å². The molecule has 4 rings (SSSR count). The number of hydrogen-bond donors (Lipinski definition) is 0. The Kier molecular flexibility index (Phi) is 4.21. The van der Waals surface area contributed by atoms with Crippen LogP contribution in [-0.4, -0.2) is 11.3 Å². The van der Waals surface area contributed by atoms with Crippen LogP contribution in [0, 0.1) is 0 Å². The number of rotatable bonds is 1. The van der Waals surface area contributed by atoms with Gasteiger partial charge >= 0.3 is 0 Å². The van der Waals surface area contributed by atoms with E-state index in [4.69, 9.17) is 0 Å². The predicted octanol–water partition coefficient (Wildman–Crippen LogP) is 4.89. The number of fused-ring (bicyclic) bond motifs is 3. The molecule has 0 aliphatic heterocycles. The smallest absolute Gasteiger partial charge is 0.150 e. The first kappa shape index (κ1) is 14.0. The number of aldehydes is 1. The van der Waals surface area contributed by atoms with Crippen molar-refractivity contribution in [3.8, 4) is 0 Å². The van der Waals surface area contributed by atoms with Gasteiger partial charge in [-0.05, 0) is 33.7 Å². The monoisotopic (exact) mass is 285 g/mol. The zero-order valence-corrected chi connectivity index (χ0v) is 12.0. The Balaban J connectivity index is 0.000000202. The van der Waals surface area contributed by atoms with E-state index >= 15 is 0 Å². The van der Waals surface area contributed by atoms with Crippen molar-refractivity contribution in [2.45, 2.75) is 0 Å². The van der Waals surface area contributed by atoms with Gasteiger partial charge in [0.1, 0.15) is 0 Å². The van der Waals surface area contributed by atoms with E-state index in [0.29, 0.717) is 0 Å². The van der Waals surface area contributed by atoms with Crippen molar-refractivity contribution in [3.05, 3.63) is 90.8 Å². The molecule has 1 heterocycles. The molecule has 2 nitrogen and oxygen atoms in total. The Bertz CT molecular complexity index is 874. The maximum atomic E-state index is 11.0. The van der Waals surface area contributed by atoms with Gasteiger partial charge in [-0.2, -0.15) is 0 Å². The van der Waals surface area contributed by atoms with Crippen LogP contribution in [0.1, 0.15) is 10.4 Å². The Morgan fingerprint density at radius 3 is 2.09 bits per heavy atom. The van der Waals surface area contributed by atoms with Gasteiger partial charge < -0.3 is 0 Å². The fraction of sp³-hybridized carbons (Fsp3) is 0. The Labute approximate surface area is 129 Å². The van der Waals surface area contributed by atoms with Gasteiger partial charge in [0.25, 0.3) is 0 Å². The molecule has 0 aliphatic rings. The molecule has 106 valence electrons. The Morgan fingerprint density at radius 2 is 1.41 bits per heavy atom.